The van der Waals surface area contributed by atoms with Crippen LogP contribution in [0.25, 0.3) is 0 Å². The van der Waals surface area contributed by atoms with Crippen LogP contribution in [0.15, 0.2) is 60.7 Å². The van der Waals surface area contributed by atoms with Crippen LogP contribution in [0, 0.1) is 13.8 Å². The van der Waals surface area contributed by atoms with Gasteiger partial charge >= 0.3 is 0 Å². The summed E-state index contributed by atoms with van der Waals surface area (Å²) in [7, 11) is 0. The lowest BCUT2D eigenvalue weighted by Gasteiger charge is -2.14. The number of nitrogens with one attached hydrogen (secondary N) is 1. The molecule has 5 nitrogen and oxygen atoms in total. The first-order valence-electron chi connectivity index (χ1n) is 9.71. The van der Waals surface area contributed by atoms with E-state index in [2.05, 4.69) is 10.3 Å². The van der Waals surface area contributed by atoms with Gasteiger partial charge in [-0.15, -0.1) is 0 Å². The minimum absolute atomic E-state index is 0.105. The lowest BCUT2D eigenvalue weighted by molar-refractivity contribution is 0.0732. The molecule has 0 aliphatic heterocycles. The summed E-state index contributed by atoms with van der Waals surface area (Å²) in [4.78, 5) is 17.3. The molecule has 5 heteroatoms. The van der Waals surface area contributed by atoms with E-state index < -0.39 is 0 Å². The normalized spacial score (nSPS) is 11.7. The molecule has 0 aliphatic carbocycles. The lowest BCUT2D eigenvalue weighted by atomic mass is 10.1. The number of carbonyl (C=O) groups excluding carboxylic acids is 1. The first-order chi connectivity index (χ1) is 14.0. The molecule has 0 saturated heterocycles. The molecular weight excluding hydrogens is 364 g/mol. The average molecular weight is 390 g/mol. The summed E-state index contributed by atoms with van der Waals surface area (Å²) in [5.41, 5.74) is 3.79. The van der Waals surface area contributed by atoms with Gasteiger partial charge < -0.3 is 14.8 Å². The topological polar surface area (TPSA) is 60.5 Å². The van der Waals surface area contributed by atoms with Crippen molar-refractivity contribution in [3.05, 3.63) is 83.2 Å². The van der Waals surface area contributed by atoms with Crippen LogP contribution >= 0.6 is 0 Å². The molecule has 3 aromatic rings. The number of ether oxygens (including phenoxy) is 2. The quantitative estimate of drug-likeness (QED) is 0.550. The molecular formula is C24H26N2O3. The van der Waals surface area contributed by atoms with Crippen LogP contribution in [0.1, 0.15) is 47.3 Å². The Morgan fingerprint density at radius 2 is 1.76 bits per heavy atom. The molecule has 0 fully saturated rings. The van der Waals surface area contributed by atoms with Gasteiger partial charge in [0.2, 0.25) is 0 Å². The zero-order valence-corrected chi connectivity index (χ0v) is 17.2. The highest BCUT2D eigenvalue weighted by molar-refractivity contribution is 6.05. The minimum atomic E-state index is -0.210. The summed E-state index contributed by atoms with van der Waals surface area (Å²) in [5, 5.41) is 2.92. The molecule has 1 aromatic heterocycles. The van der Waals surface area contributed by atoms with Crippen LogP contribution in [-0.4, -0.2) is 17.5 Å². The highest BCUT2D eigenvalue weighted by Gasteiger charge is 2.14. The molecule has 1 heterocycles. The zero-order chi connectivity index (χ0) is 20.8. The van der Waals surface area contributed by atoms with Gasteiger partial charge in [0.1, 0.15) is 11.5 Å². The molecule has 1 amide bonds. The van der Waals surface area contributed by atoms with E-state index in [-0.39, 0.29) is 12.0 Å². The van der Waals surface area contributed by atoms with Crippen molar-refractivity contribution in [2.45, 2.75) is 33.8 Å². The van der Waals surface area contributed by atoms with Crippen molar-refractivity contribution in [3.63, 3.8) is 0 Å². The SMILES string of the molecule is CCOC(C)c1ccc(C(=O)Nc2cccc(Oc3cccc(C)c3)c2)c(C)n1. The van der Waals surface area contributed by atoms with Crippen LogP contribution in [0.2, 0.25) is 0 Å². The number of hydrogen-bond donors (Lipinski definition) is 1. The smallest absolute Gasteiger partial charge is 0.257 e. The van der Waals surface area contributed by atoms with Gasteiger partial charge in [-0.05, 0) is 69.7 Å². The molecule has 3 rings (SSSR count). The number of carbonyl (C=O) groups is 1. The van der Waals surface area contributed by atoms with Gasteiger partial charge in [-0.3, -0.25) is 9.78 Å². The van der Waals surface area contributed by atoms with E-state index in [1.165, 1.54) is 0 Å². The maximum absolute atomic E-state index is 12.7. The maximum Gasteiger partial charge on any atom is 0.257 e. The van der Waals surface area contributed by atoms with Gasteiger partial charge in [-0.2, -0.15) is 0 Å². The van der Waals surface area contributed by atoms with E-state index in [0.717, 1.165) is 17.0 Å². The monoisotopic (exact) mass is 390 g/mol. The molecule has 150 valence electrons. The Morgan fingerprint density at radius 1 is 1.03 bits per heavy atom. The van der Waals surface area contributed by atoms with Crippen molar-refractivity contribution in [1.82, 2.24) is 4.98 Å². The van der Waals surface area contributed by atoms with Crippen LogP contribution < -0.4 is 10.1 Å². The molecule has 0 saturated carbocycles. The first kappa shape index (κ1) is 20.6. The predicted octanol–water partition coefficient (Wildman–Crippen LogP) is 5.84. The Kier molecular flexibility index (Phi) is 6.62. The summed E-state index contributed by atoms with van der Waals surface area (Å²) >= 11 is 0. The second kappa shape index (κ2) is 9.34. The van der Waals surface area contributed by atoms with Gasteiger partial charge in [0.15, 0.2) is 0 Å². The van der Waals surface area contributed by atoms with E-state index in [1.807, 2.05) is 76.2 Å². The number of nitrogens with zero attached hydrogens (tertiary/aromatic N) is 1. The molecule has 2 aromatic carbocycles. The number of amides is 1. The van der Waals surface area contributed by atoms with Crippen molar-refractivity contribution in [2.75, 3.05) is 11.9 Å². The van der Waals surface area contributed by atoms with Gasteiger partial charge in [0.25, 0.3) is 5.91 Å². The third-order valence-electron chi connectivity index (χ3n) is 4.50. The largest absolute Gasteiger partial charge is 0.457 e. The van der Waals surface area contributed by atoms with Crippen LogP contribution in [0.4, 0.5) is 5.69 Å². The van der Waals surface area contributed by atoms with E-state index in [1.54, 1.807) is 12.1 Å². The fourth-order valence-electron chi connectivity index (χ4n) is 3.03. The molecule has 29 heavy (non-hydrogen) atoms. The highest BCUT2D eigenvalue weighted by atomic mass is 16.5. The third kappa shape index (κ3) is 5.42. The van der Waals surface area contributed by atoms with Gasteiger partial charge in [0, 0.05) is 18.4 Å². The Labute approximate surface area is 171 Å². The average Bonchev–Trinajstić information content (AvgIpc) is 2.68. The zero-order valence-electron chi connectivity index (χ0n) is 17.2. The summed E-state index contributed by atoms with van der Waals surface area (Å²) in [6.45, 7) is 8.35. The molecule has 0 spiro atoms. The van der Waals surface area contributed by atoms with Gasteiger partial charge in [0.05, 0.1) is 23.1 Å². The van der Waals surface area contributed by atoms with Crippen LogP contribution in [0.5, 0.6) is 11.5 Å². The number of rotatable bonds is 7. The summed E-state index contributed by atoms with van der Waals surface area (Å²) in [6, 6.07) is 18.8. The number of pyridine rings is 1. The molecule has 1 atom stereocenters. The van der Waals surface area contributed by atoms with Crippen LogP contribution in [-0.2, 0) is 4.74 Å². The van der Waals surface area contributed by atoms with E-state index in [0.29, 0.717) is 29.3 Å². The fourth-order valence-corrected chi connectivity index (χ4v) is 3.03. The second-order valence-electron chi connectivity index (χ2n) is 6.87. The van der Waals surface area contributed by atoms with E-state index in [4.69, 9.17) is 9.47 Å². The van der Waals surface area contributed by atoms with Crippen molar-refractivity contribution >= 4 is 11.6 Å². The molecule has 0 aliphatic rings. The predicted molar refractivity (Wildman–Crippen MR) is 115 cm³/mol. The summed E-state index contributed by atoms with van der Waals surface area (Å²) in [6.07, 6.45) is -0.105. The summed E-state index contributed by atoms with van der Waals surface area (Å²) in [5.74, 6) is 1.20. The van der Waals surface area contributed by atoms with E-state index >= 15 is 0 Å². The number of anilines is 1. The molecule has 0 bridgehead atoms. The summed E-state index contributed by atoms with van der Waals surface area (Å²) < 4.78 is 11.5. The molecule has 0 radical (unpaired) electrons. The Morgan fingerprint density at radius 3 is 2.45 bits per heavy atom. The van der Waals surface area contributed by atoms with Crippen molar-refractivity contribution < 1.29 is 14.3 Å². The fraction of sp³-hybridized carbons (Fsp3) is 0.250. The van der Waals surface area contributed by atoms with Crippen molar-refractivity contribution in [1.29, 1.82) is 0 Å². The number of hydrogen-bond acceptors (Lipinski definition) is 4. The Balaban J connectivity index is 1.72. The lowest BCUT2D eigenvalue weighted by Crippen LogP contribution is -2.15. The number of benzene rings is 2. The maximum atomic E-state index is 12.7. The minimum Gasteiger partial charge on any atom is -0.457 e. The van der Waals surface area contributed by atoms with Crippen molar-refractivity contribution in [2.24, 2.45) is 0 Å². The first-order valence-corrected chi connectivity index (χ1v) is 9.71. The third-order valence-corrected chi connectivity index (χ3v) is 4.50. The molecule has 1 unspecified atom stereocenters. The number of aromatic nitrogens is 1. The Bertz CT molecular complexity index is 1000. The van der Waals surface area contributed by atoms with E-state index in [9.17, 15) is 4.79 Å². The standard InChI is InChI=1S/C24H26N2O3/c1-5-28-18(4)23-13-12-22(17(3)25-23)24(27)26-19-9-7-11-21(15-19)29-20-10-6-8-16(2)14-20/h6-15,18H,5H2,1-4H3,(H,26,27). The van der Waals surface area contributed by atoms with Gasteiger partial charge in [-0.1, -0.05) is 18.2 Å². The molecule has 1 N–H and O–H groups in total. The Hall–Kier alpha value is -3.18. The van der Waals surface area contributed by atoms with Gasteiger partial charge in [-0.25, -0.2) is 0 Å². The second-order valence-corrected chi connectivity index (χ2v) is 6.87. The highest BCUT2D eigenvalue weighted by Crippen LogP contribution is 2.25. The number of aryl methyl sites for hydroxylation is 2. The van der Waals surface area contributed by atoms with Crippen molar-refractivity contribution in [3.8, 4) is 11.5 Å². The van der Waals surface area contributed by atoms with Crippen LogP contribution in [0.3, 0.4) is 0 Å².